The summed E-state index contributed by atoms with van der Waals surface area (Å²) in [7, 11) is 0. The Morgan fingerprint density at radius 1 is 1.07 bits per heavy atom. The SMILES string of the molecule is O=[N+]([O-])c1c[nH]c(-c2nc(-c3ccc(Oc4ccc(F)cc4)cc3)no2)c1. The van der Waals surface area contributed by atoms with Crippen molar-refractivity contribution in [3.63, 3.8) is 0 Å². The Morgan fingerprint density at radius 3 is 2.37 bits per heavy atom. The summed E-state index contributed by atoms with van der Waals surface area (Å²) >= 11 is 0. The molecule has 0 radical (unpaired) electrons. The Balaban J connectivity index is 1.51. The molecule has 8 nitrogen and oxygen atoms in total. The summed E-state index contributed by atoms with van der Waals surface area (Å²) in [4.78, 5) is 17.2. The van der Waals surface area contributed by atoms with Crippen LogP contribution in [0.2, 0.25) is 0 Å². The largest absolute Gasteiger partial charge is 0.457 e. The number of nitrogens with zero attached hydrogens (tertiary/aromatic N) is 3. The van der Waals surface area contributed by atoms with Crippen LogP contribution in [-0.2, 0) is 0 Å². The molecule has 0 atom stereocenters. The van der Waals surface area contributed by atoms with Crippen LogP contribution in [0.3, 0.4) is 0 Å². The molecular formula is C18H11FN4O4. The quantitative estimate of drug-likeness (QED) is 0.409. The maximum atomic E-state index is 12.9. The van der Waals surface area contributed by atoms with Crippen LogP contribution < -0.4 is 4.74 Å². The van der Waals surface area contributed by atoms with Crippen LogP contribution in [0.1, 0.15) is 0 Å². The normalized spacial score (nSPS) is 10.7. The molecular weight excluding hydrogens is 355 g/mol. The van der Waals surface area contributed by atoms with E-state index in [-0.39, 0.29) is 17.4 Å². The summed E-state index contributed by atoms with van der Waals surface area (Å²) in [5, 5.41) is 14.6. The zero-order valence-corrected chi connectivity index (χ0v) is 13.6. The summed E-state index contributed by atoms with van der Waals surface area (Å²) < 4.78 is 23.7. The van der Waals surface area contributed by atoms with E-state index in [9.17, 15) is 14.5 Å². The van der Waals surface area contributed by atoms with E-state index < -0.39 is 4.92 Å². The van der Waals surface area contributed by atoms with Crippen LogP contribution >= 0.6 is 0 Å². The van der Waals surface area contributed by atoms with E-state index in [1.807, 2.05) is 0 Å². The fourth-order valence-corrected chi connectivity index (χ4v) is 2.37. The molecule has 0 aliphatic rings. The Morgan fingerprint density at radius 2 is 1.74 bits per heavy atom. The van der Waals surface area contributed by atoms with Gasteiger partial charge in [0.2, 0.25) is 5.82 Å². The summed E-state index contributed by atoms with van der Waals surface area (Å²) in [6, 6.07) is 13.9. The van der Waals surface area contributed by atoms with Gasteiger partial charge < -0.3 is 14.2 Å². The van der Waals surface area contributed by atoms with E-state index in [0.29, 0.717) is 28.6 Å². The standard InChI is InChI=1S/C18H11FN4O4/c19-12-3-7-15(8-4-12)26-14-5-1-11(2-6-14)17-21-18(27-22-17)16-9-13(10-20-16)23(24)25/h1-10,20H. The minimum absolute atomic E-state index is 0.0907. The Labute approximate surface area is 151 Å². The lowest BCUT2D eigenvalue weighted by molar-refractivity contribution is -0.384. The molecule has 2 heterocycles. The highest BCUT2D eigenvalue weighted by atomic mass is 19.1. The first kappa shape index (κ1) is 16.5. The topological polar surface area (TPSA) is 107 Å². The summed E-state index contributed by atoms with van der Waals surface area (Å²) in [6.07, 6.45) is 1.25. The first-order valence-corrected chi connectivity index (χ1v) is 7.79. The second-order valence-electron chi connectivity index (χ2n) is 5.53. The number of halogens is 1. The average Bonchev–Trinajstić information content (AvgIpc) is 3.34. The van der Waals surface area contributed by atoms with Gasteiger partial charge in [-0.25, -0.2) is 4.39 Å². The predicted octanol–water partition coefficient (Wildman–Crippen LogP) is 4.57. The van der Waals surface area contributed by atoms with Gasteiger partial charge in [-0.3, -0.25) is 10.1 Å². The second-order valence-corrected chi connectivity index (χ2v) is 5.53. The molecule has 4 aromatic rings. The van der Waals surface area contributed by atoms with Gasteiger partial charge in [0.05, 0.1) is 11.1 Å². The molecule has 2 aromatic heterocycles. The smallest absolute Gasteiger partial charge is 0.287 e. The molecule has 0 aliphatic carbocycles. The highest BCUT2D eigenvalue weighted by Gasteiger charge is 2.16. The zero-order valence-electron chi connectivity index (χ0n) is 13.6. The minimum atomic E-state index is -0.517. The zero-order chi connectivity index (χ0) is 18.8. The molecule has 4 rings (SSSR count). The molecule has 0 unspecified atom stereocenters. The summed E-state index contributed by atoms with van der Waals surface area (Å²) in [5.74, 6) is 1.21. The van der Waals surface area contributed by atoms with Crippen molar-refractivity contribution in [2.75, 3.05) is 0 Å². The van der Waals surface area contributed by atoms with Crippen LogP contribution in [0.15, 0.2) is 65.3 Å². The second kappa shape index (κ2) is 6.71. The molecule has 0 saturated heterocycles. The van der Waals surface area contributed by atoms with Crippen molar-refractivity contribution >= 4 is 5.69 Å². The lowest BCUT2D eigenvalue weighted by atomic mass is 10.2. The van der Waals surface area contributed by atoms with Gasteiger partial charge in [-0.1, -0.05) is 5.16 Å². The van der Waals surface area contributed by atoms with Gasteiger partial charge >= 0.3 is 0 Å². The van der Waals surface area contributed by atoms with Gasteiger partial charge in [0, 0.05) is 11.6 Å². The first-order chi connectivity index (χ1) is 13.1. The molecule has 1 N–H and O–H groups in total. The fraction of sp³-hybridized carbons (Fsp3) is 0. The van der Waals surface area contributed by atoms with Gasteiger partial charge in [-0.15, -0.1) is 0 Å². The molecule has 0 aliphatic heterocycles. The van der Waals surface area contributed by atoms with Crippen molar-refractivity contribution in [3.05, 3.63) is 76.7 Å². The van der Waals surface area contributed by atoms with E-state index in [4.69, 9.17) is 9.26 Å². The number of aromatic nitrogens is 3. The van der Waals surface area contributed by atoms with Crippen molar-refractivity contribution < 1.29 is 18.6 Å². The van der Waals surface area contributed by atoms with Crippen molar-refractivity contribution in [2.24, 2.45) is 0 Å². The van der Waals surface area contributed by atoms with Crippen LogP contribution in [-0.4, -0.2) is 20.0 Å². The van der Waals surface area contributed by atoms with Crippen molar-refractivity contribution in [1.29, 1.82) is 0 Å². The van der Waals surface area contributed by atoms with E-state index in [0.717, 1.165) is 0 Å². The summed E-state index contributed by atoms with van der Waals surface area (Å²) in [5.41, 5.74) is 0.946. The van der Waals surface area contributed by atoms with Crippen LogP contribution in [0, 0.1) is 15.9 Å². The molecule has 0 spiro atoms. The predicted molar refractivity (Wildman–Crippen MR) is 92.6 cm³/mol. The number of rotatable bonds is 5. The minimum Gasteiger partial charge on any atom is -0.457 e. The van der Waals surface area contributed by atoms with Gasteiger partial charge in [-0.2, -0.15) is 4.98 Å². The average molecular weight is 366 g/mol. The highest BCUT2D eigenvalue weighted by molar-refractivity contribution is 5.60. The number of ether oxygens (including phenoxy) is 1. The Kier molecular flexibility index (Phi) is 4.09. The molecule has 27 heavy (non-hydrogen) atoms. The number of benzene rings is 2. The molecule has 9 heteroatoms. The number of nitro groups is 1. The first-order valence-electron chi connectivity index (χ1n) is 7.79. The third-order valence-electron chi connectivity index (χ3n) is 3.70. The number of aromatic amines is 1. The van der Waals surface area contributed by atoms with Gasteiger partial charge in [-0.05, 0) is 48.5 Å². The summed E-state index contributed by atoms with van der Waals surface area (Å²) in [6.45, 7) is 0. The van der Waals surface area contributed by atoms with E-state index in [2.05, 4.69) is 15.1 Å². The molecule has 0 bridgehead atoms. The lowest BCUT2D eigenvalue weighted by Gasteiger charge is -2.05. The van der Waals surface area contributed by atoms with E-state index >= 15 is 0 Å². The van der Waals surface area contributed by atoms with Crippen LogP contribution in [0.4, 0.5) is 10.1 Å². The lowest BCUT2D eigenvalue weighted by Crippen LogP contribution is -1.86. The number of hydrogen-bond donors (Lipinski definition) is 1. The Hall–Kier alpha value is -4.01. The van der Waals surface area contributed by atoms with Crippen LogP contribution in [0.25, 0.3) is 23.0 Å². The number of hydrogen-bond acceptors (Lipinski definition) is 6. The van der Waals surface area contributed by atoms with Gasteiger partial charge in [0.1, 0.15) is 23.0 Å². The van der Waals surface area contributed by atoms with Crippen LogP contribution in [0.5, 0.6) is 11.5 Å². The molecule has 134 valence electrons. The van der Waals surface area contributed by atoms with Crippen molar-refractivity contribution in [2.45, 2.75) is 0 Å². The Bertz CT molecular complexity index is 1090. The fourth-order valence-electron chi connectivity index (χ4n) is 2.37. The maximum Gasteiger partial charge on any atom is 0.287 e. The van der Waals surface area contributed by atoms with E-state index in [1.54, 1.807) is 24.3 Å². The third-order valence-corrected chi connectivity index (χ3v) is 3.70. The molecule has 2 aromatic carbocycles. The maximum absolute atomic E-state index is 12.9. The number of nitrogens with one attached hydrogen (secondary N) is 1. The van der Waals surface area contributed by atoms with E-state index in [1.165, 1.54) is 36.5 Å². The van der Waals surface area contributed by atoms with Gasteiger partial charge in [0.15, 0.2) is 0 Å². The highest BCUT2D eigenvalue weighted by Crippen LogP contribution is 2.27. The van der Waals surface area contributed by atoms with Gasteiger partial charge in [0.25, 0.3) is 11.6 Å². The molecule has 0 saturated carbocycles. The molecule has 0 amide bonds. The van der Waals surface area contributed by atoms with Crippen molar-refractivity contribution in [1.82, 2.24) is 15.1 Å². The molecule has 0 fully saturated rings. The monoisotopic (exact) mass is 366 g/mol. The number of H-pyrrole nitrogens is 1. The van der Waals surface area contributed by atoms with Crippen molar-refractivity contribution in [3.8, 4) is 34.5 Å². The third kappa shape index (κ3) is 3.52.